The minimum absolute atomic E-state index is 0.0200. The lowest BCUT2D eigenvalue weighted by Gasteiger charge is -2.21. The van der Waals surface area contributed by atoms with Gasteiger partial charge in [0.1, 0.15) is 0 Å². The van der Waals surface area contributed by atoms with Crippen molar-refractivity contribution < 1.29 is 9.53 Å². The number of hydrogen-bond donors (Lipinski definition) is 1. The quantitative estimate of drug-likeness (QED) is 0.895. The van der Waals surface area contributed by atoms with Crippen LogP contribution in [0.1, 0.15) is 24.2 Å². The summed E-state index contributed by atoms with van der Waals surface area (Å²) in [7, 11) is 1.62. The lowest BCUT2D eigenvalue weighted by Crippen LogP contribution is -2.41. The monoisotopic (exact) mass is 333 g/mol. The summed E-state index contributed by atoms with van der Waals surface area (Å²) < 4.78 is 5.83. The van der Waals surface area contributed by atoms with Gasteiger partial charge < -0.3 is 10.1 Å². The van der Waals surface area contributed by atoms with Crippen molar-refractivity contribution >= 4 is 33.4 Å². The van der Waals surface area contributed by atoms with Crippen LogP contribution in [0.3, 0.4) is 0 Å². The van der Waals surface area contributed by atoms with Gasteiger partial charge in [-0.2, -0.15) is 0 Å². The maximum Gasteiger partial charge on any atom is 0.252 e. The van der Waals surface area contributed by atoms with E-state index in [0.717, 1.165) is 4.47 Å². The predicted molar refractivity (Wildman–Crippen MR) is 77.1 cm³/mol. The number of carbonyl (C=O) groups is 1. The SMILES string of the molecule is COCC(NC(=O)c1cc(Cl)ccc1Br)C(C)C. The van der Waals surface area contributed by atoms with E-state index in [1.165, 1.54) is 0 Å². The number of rotatable bonds is 5. The highest BCUT2D eigenvalue weighted by atomic mass is 79.9. The lowest BCUT2D eigenvalue weighted by atomic mass is 10.0. The molecule has 0 fully saturated rings. The number of ether oxygens (including phenoxy) is 1. The lowest BCUT2D eigenvalue weighted by molar-refractivity contribution is 0.0866. The van der Waals surface area contributed by atoms with E-state index in [4.69, 9.17) is 16.3 Å². The van der Waals surface area contributed by atoms with Crippen molar-refractivity contribution in [2.75, 3.05) is 13.7 Å². The van der Waals surface area contributed by atoms with E-state index in [9.17, 15) is 4.79 Å². The Morgan fingerprint density at radius 2 is 2.17 bits per heavy atom. The number of halogens is 2. The van der Waals surface area contributed by atoms with Gasteiger partial charge in [0.2, 0.25) is 0 Å². The van der Waals surface area contributed by atoms with Gasteiger partial charge in [-0.1, -0.05) is 25.4 Å². The molecule has 5 heteroatoms. The molecule has 100 valence electrons. The van der Waals surface area contributed by atoms with Gasteiger partial charge in [-0.05, 0) is 40.0 Å². The zero-order valence-corrected chi connectivity index (χ0v) is 13.0. The first kappa shape index (κ1) is 15.5. The number of amides is 1. The summed E-state index contributed by atoms with van der Waals surface area (Å²) in [5.41, 5.74) is 0.532. The molecule has 18 heavy (non-hydrogen) atoms. The molecule has 0 radical (unpaired) electrons. The first-order valence-corrected chi connectivity index (χ1v) is 6.87. The predicted octanol–water partition coefficient (Wildman–Crippen LogP) is 3.50. The molecule has 0 aliphatic heterocycles. The molecule has 0 saturated carbocycles. The second kappa shape index (κ2) is 7.12. The maximum absolute atomic E-state index is 12.2. The molecule has 1 aromatic carbocycles. The fourth-order valence-corrected chi connectivity index (χ4v) is 2.10. The molecule has 0 saturated heterocycles. The molecule has 1 unspecified atom stereocenters. The second-order valence-electron chi connectivity index (χ2n) is 4.40. The molecular formula is C13H17BrClNO2. The Hall–Kier alpha value is -0.580. The summed E-state index contributed by atoms with van der Waals surface area (Å²) >= 11 is 9.24. The molecule has 1 atom stereocenters. The van der Waals surface area contributed by atoms with Gasteiger partial charge in [0.15, 0.2) is 0 Å². The Balaban J connectivity index is 2.83. The zero-order chi connectivity index (χ0) is 13.7. The minimum Gasteiger partial charge on any atom is -0.383 e. The highest BCUT2D eigenvalue weighted by molar-refractivity contribution is 9.10. The normalized spacial score (nSPS) is 12.6. The van der Waals surface area contributed by atoms with Gasteiger partial charge in [0, 0.05) is 16.6 Å². The zero-order valence-electron chi connectivity index (χ0n) is 10.7. The van der Waals surface area contributed by atoms with Crippen LogP contribution in [0, 0.1) is 5.92 Å². The van der Waals surface area contributed by atoms with E-state index < -0.39 is 0 Å². The van der Waals surface area contributed by atoms with Crippen molar-refractivity contribution in [1.82, 2.24) is 5.32 Å². The average Bonchev–Trinajstić information content (AvgIpc) is 2.31. The Kier molecular flexibility index (Phi) is 6.12. The summed E-state index contributed by atoms with van der Waals surface area (Å²) in [6, 6.07) is 5.12. The van der Waals surface area contributed by atoms with Gasteiger partial charge in [0.05, 0.1) is 18.2 Å². The van der Waals surface area contributed by atoms with Crippen LogP contribution in [0.25, 0.3) is 0 Å². The Morgan fingerprint density at radius 1 is 1.50 bits per heavy atom. The third-order valence-electron chi connectivity index (χ3n) is 2.64. The van der Waals surface area contributed by atoms with E-state index in [2.05, 4.69) is 21.2 Å². The van der Waals surface area contributed by atoms with Crippen LogP contribution in [0.2, 0.25) is 5.02 Å². The van der Waals surface area contributed by atoms with Crippen molar-refractivity contribution in [3.63, 3.8) is 0 Å². The van der Waals surface area contributed by atoms with Crippen molar-refractivity contribution in [1.29, 1.82) is 0 Å². The molecule has 1 aromatic rings. The number of methoxy groups -OCH3 is 1. The van der Waals surface area contributed by atoms with Crippen molar-refractivity contribution in [2.24, 2.45) is 5.92 Å². The van der Waals surface area contributed by atoms with E-state index in [0.29, 0.717) is 23.1 Å². The van der Waals surface area contributed by atoms with Crippen LogP contribution in [0.4, 0.5) is 0 Å². The first-order valence-electron chi connectivity index (χ1n) is 5.70. The molecule has 0 spiro atoms. The number of carbonyl (C=O) groups excluding carboxylic acids is 1. The largest absolute Gasteiger partial charge is 0.383 e. The smallest absolute Gasteiger partial charge is 0.252 e. The van der Waals surface area contributed by atoms with Crippen molar-refractivity contribution in [3.05, 3.63) is 33.3 Å². The molecule has 0 bridgehead atoms. The molecule has 1 amide bonds. The molecule has 1 rings (SSSR count). The topological polar surface area (TPSA) is 38.3 Å². The van der Waals surface area contributed by atoms with Gasteiger partial charge >= 0.3 is 0 Å². The Labute approximate surface area is 121 Å². The second-order valence-corrected chi connectivity index (χ2v) is 5.69. The number of hydrogen-bond acceptors (Lipinski definition) is 2. The molecule has 0 heterocycles. The van der Waals surface area contributed by atoms with Crippen LogP contribution in [-0.2, 0) is 4.74 Å². The third-order valence-corrected chi connectivity index (χ3v) is 3.57. The number of nitrogens with one attached hydrogen (secondary N) is 1. The van der Waals surface area contributed by atoms with E-state index in [1.807, 2.05) is 13.8 Å². The molecule has 3 nitrogen and oxygen atoms in total. The summed E-state index contributed by atoms with van der Waals surface area (Å²) in [4.78, 5) is 12.2. The first-order chi connectivity index (χ1) is 8.45. The molecule has 0 aliphatic rings. The average molecular weight is 335 g/mol. The van der Waals surface area contributed by atoms with E-state index in [1.54, 1.807) is 25.3 Å². The van der Waals surface area contributed by atoms with Crippen LogP contribution >= 0.6 is 27.5 Å². The van der Waals surface area contributed by atoms with Gasteiger partial charge in [-0.15, -0.1) is 0 Å². The summed E-state index contributed by atoms with van der Waals surface area (Å²) in [5.74, 6) is 0.145. The fourth-order valence-electron chi connectivity index (χ4n) is 1.50. The fraction of sp³-hybridized carbons (Fsp3) is 0.462. The molecular weight excluding hydrogens is 318 g/mol. The highest BCUT2D eigenvalue weighted by Crippen LogP contribution is 2.21. The van der Waals surface area contributed by atoms with Crippen molar-refractivity contribution in [2.45, 2.75) is 19.9 Å². The molecule has 0 aromatic heterocycles. The summed E-state index contributed by atoms with van der Waals surface area (Å²) in [6.45, 7) is 4.57. The molecule has 0 aliphatic carbocycles. The van der Waals surface area contributed by atoms with Crippen molar-refractivity contribution in [3.8, 4) is 0 Å². The maximum atomic E-state index is 12.2. The van der Waals surface area contributed by atoms with Crippen LogP contribution in [-0.4, -0.2) is 25.7 Å². The Morgan fingerprint density at radius 3 is 2.72 bits per heavy atom. The molecule has 1 N–H and O–H groups in total. The summed E-state index contributed by atoms with van der Waals surface area (Å²) in [5, 5.41) is 3.49. The van der Waals surface area contributed by atoms with Gasteiger partial charge in [-0.25, -0.2) is 0 Å². The van der Waals surface area contributed by atoms with E-state index in [-0.39, 0.29) is 11.9 Å². The van der Waals surface area contributed by atoms with Crippen LogP contribution in [0.15, 0.2) is 22.7 Å². The standard InChI is InChI=1S/C13H17BrClNO2/c1-8(2)12(7-18-3)16-13(17)10-6-9(15)4-5-11(10)14/h4-6,8,12H,7H2,1-3H3,(H,16,17). The minimum atomic E-state index is -0.153. The third kappa shape index (κ3) is 4.26. The number of benzene rings is 1. The highest BCUT2D eigenvalue weighted by Gasteiger charge is 2.18. The van der Waals surface area contributed by atoms with Gasteiger partial charge in [0.25, 0.3) is 5.91 Å². The van der Waals surface area contributed by atoms with Crippen LogP contribution in [0.5, 0.6) is 0 Å². The Bertz CT molecular complexity index is 423. The van der Waals surface area contributed by atoms with Gasteiger partial charge in [-0.3, -0.25) is 4.79 Å². The van der Waals surface area contributed by atoms with Crippen LogP contribution < -0.4 is 5.32 Å². The summed E-state index contributed by atoms with van der Waals surface area (Å²) in [6.07, 6.45) is 0. The van der Waals surface area contributed by atoms with E-state index >= 15 is 0 Å².